The molecule has 0 saturated heterocycles. The second kappa shape index (κ2) is 8.75. The first-order valence-electron chi connectivity index (χ1n) is 5.23. The van der Waals surface area contributed by atoms with Crippen molar-refractivity contribution in [2.24, 2.45) is 0 Å². The van der Waals surface area contributed by atoms with E-state index in [0.717, 1.165) is 6.92 Å². The number of para-hydroxylation sites is 1. The summed E-state index contributed by atoms with van der Waals surface area (Å²) in [5.41, 5.74) is 0.531. The van der Waals surface area contributed by atoms with E-state index in [0.29, 0.717) is 11.3 Å². The SMILES string of the molecule is C=CC=C(C)C(=O)Oc1ccccc1.CC(=O)O. The monoisotopic (exact) mass is 248 g/mol. The first kappa shape index (κ1) is 15.6. The normalized spacial score (nSPS) is 9.78. The Morgan fingerprint density at radius 3 is 2.17 bits per heavy atom. The highest BCUT2D eigenvalue weighted by atomic mass is 16.5. The first-order chi connectivity index (χ1) is 8.47. The molecule has 0 heterocycles. The molecule has 0 aliphatic rings. The van der Waals surface area contributed by atoms with Crippen LogP contribution in [0.3, 0.4) is 0 Å². The Morgan fingerprint density at radius 1 is 1.22 bits per heavy atom. The zero-order valence-electron chi connectivity index (χ0n) is 10.4. The van der Waals surface area contributed by atoms with Gasteiger partial charge in [-0.2, -0.15) is 0 Å². The van der Waals surface area contributed by atoms with Gasteiger partial charge >= 0.3 is 5.97 Å². The van der Waals surface area contributed by atoms with Crippen LogP contribution in [0.4, 0.5) is 0 Å². The fraction of sp³-hybridized carbons (Fsp3) is 0.143. The molecule has 96 valence electrons. The average molecular weight is 248 g/mol. The molecule has 1 rings (SSSR count). The number of allylic oxidation sites excluding steroid dienone is 2. The lowest BCUT2D eigenvalue weighted by molar-refractivity contribution is -0.134. The van der Waals surface area contributed by atoms with Crippen molar-refractivity contribution < 1.29 is 19.4 Å². The Morgan fingerprint density at radius 2 is 1.72 bits per heavy atom. The molecular formula is C14H16O4. The predicted octanol–water partition coefficient (Wildman–Crippen LogP) is 2.82. The zero-order valence-corrected chi connectivity index (χ0v) is 10.4. The fourth-order valence-corrected chi connectivity index (χ4v) is 0.921. The maximum atomic E-state index is 11.4. The van der Waals surface area contributed by atoms with E-state index in [9.17, 15) is 4.79 Å². The van der Waals surface area contributed by atoms with Crippen LogP contribution in [0.5, 0.6) is 5.75 Å². The van der Waals surface area contributed by atoms with Crippen molar-refractivity contribution in [1.82, 2.24) is 0 Å². The van der Waals surface area contributed by atoms with E-state index in [4.69, 9.17) is 14.6 Å². The van der Waals surface area contributed by atoms with Crippen LogP contribution in [0.15, 0.2) is 54.6 Å². The molecule has 0 aliphatic heterocycles. The minimum atomic E-state index is -0.833. The van der Waals surface area contributed by atoms with Crippen molar-refractivity contribution in [1.29, 1.82) is 0 Å². The molecule has 0 saturated carbocycles. The average Bonchev–Trinajstić information content (AvgIpc) is 2.30. The standard InChI is InChI=1S/C12H12O2.C2H4O2/c1-3-7-10(2)12(13)14-11-8-5-4-6-9-11;1-2(3)4/h3-9H,1H2,2H3;1H3,(H,3,4). The quantitative estimate of drug-likeness (QED) is 0.386. The van der Waals surface area contributed by atoms with Crippen LogP contribution in [0.2, 0.25) is 0 Å². The van der Waals surface area contributed by atoms with Crippen LogP contribution < -0.4 is 4.74 Å². The minimum Gasteiger partial charge on any atom is -0.481 e. The van der Waals surface area contributed by atoms with E-state index in [1.54, 1.807) is 31.2 Å². The smallest absolute Gasteiger partial charge is 0.339 e. The molecule has 0 fully saturated rings. The van der Waals surface area contributed by atoms with Gasteiger partial charge in [0.2, 0.25) is 0 Å². The lowest BCUT2D eigenvalue weighted by atomic mass is 10.3. The highest BCUT2D eigenvalue weighted by Crippen LogP contribution is 2.10. The topological polar surface area (TPSA) is 63.6 Å². The van der Waals surface area contributed by atoms with Crippen LogP contribution >= 0.6 is 0 Å². The lowest BCUT2D eigenvalue weighted by Crippen LogP contribution is -2.08. The van der Waals surface area contributed by atoms with Crippen LogP contribution in [0.1, 0.15) is 13.8 Å². The molecule has 4 nitrogen and oxygen atoms in total. The third-order valence-electron chi connectivity index (χ3n) is 1.64. The number of aliphatic carboxylic acids is 1. The second-order valence-corrected chi connectivity index (χ2v) is 3.31. The molecule has 0 amide bonds. The Kier molecular flexibility index (Phi) is 7.61. The van der Waals surface area contributed by atoms with Gasteiger partial charge < -0.3 is 9.84 Å². The number of carbonyl (C=O) groups is 2. The van der Waals surface area contributed by atoms with Gasteiger partial charge in [-0.1, -0.05) is 36.9 Å². The van der Waals surface area contributed by atoms with Gasteiger partial charge in [0.1, 0.15) is 5.75 Å². The van der Waals surface area contributed by atoms with Gasteiger partial charge in [0.05, 0.1) is 0 Å². The summed E-state index contributed by atoms with van der Waals surface area (Å²) in [7, 11) is 0. The first-order valence-corrected chi connectivity index (χ1v) is 5.23. The molecule has 0 aliphatic carbocycles. The lowest BCUT2D eigenvalue weighted by Gasteiger charge is -2.02. The third kappa shape index (κ3) is 7.87. The zero-order chi connectivity index (χ0) is 14.0. The van der Waals surface area contributed by atoms with Crippen molar-refractivity contribution in [2.45, 2.75) is 13.8 Å². The molecule has 1 aromatic rings. The van der Waals surface area contributed by atoms with Crippen molar-refractivity contribution in [3.05, 3.63) is 54.6 Å². The van der Waals surface area contributed by atoms with E-state index in [2.05, 4.69) is 6.58 Å². The summed E-state index contributed by atoms with van der Waals surface area (Å²) in [4.78, 5) is 20.4. The summed E-state index contributed by atoms with van der Waals surface area (Å²) in [6.07, 6.45) is 3.17. The fourth-order valence-electron chi connectivity index (χ4n) is 0.921. The molecule has 0 aromatic heterocycles. The molecule has 1 N–H and O–H groups in total. The van der Waals surface area contributed by atoms with Crippen molar-refractivity contribution in [3.63, 3.8) is 0 Å². The van der Waals surface area contributed by atoms with Crippen LogP contribution in [0, 0.1) is 0 Å². The molecule has 0 unspecified atom stereocenters. The summed E-state index contributed by atoms with van der Waals surface area (Å²) in [6.45, 7) is 6.28. The number of benzene rings is 1. The number of hydrogen-bond acceptors (Lipinski definition) is 3. The number of rotatable bonds is 3. The third-order valence-corrected chi connectivity index (χ3v) is 1.64. The minimum absolute atomic E-state index is 0.351. The Bertz CT molecular complexity index is 428. The van der Waals surface area contributed by atoms with Crippen molar-refractivity contribution >= 4 is 11.9 Å². The Hall–Kier alpha value is -2.36. The van der Waals surface area contributed by atoms with Crippen LogP contribution in [-0.2, 0) is 9.59 Å². The van der Waals surface area contributed by atoms with Gasteiger partial charge in [-0.15, -0.1) is 0 Å². The Labute approximate surface area is 106 Å². The van der Waals surface area contributed by atoms with E-state index in [-0.39, 0.29) is 5.97 Å². The highest BCUT2D eigenvalue weighted by molar-refractivity contribution is 5.89. The molecule has 18 heavy (non-hydrogen) atoms. The largest absolute Gasteiger partial charge is 0.481 e. The summed E-state index contributed by atoms with van der Waals surface area (Å²) < 4.78 is 5.07. The maximum absolute atomic E-state index is 11.4. The van der Waals surface area contributed by atoms with E-state index in [1.165, 1.54) is 0 Å². The number of carboxylic acids is 1. The van der Waals surface area contributed by atoms with Gasteiger partial charge in [-0.25, -0.2) is 4.79 Å². The highest BCUT2D eigenvalue weighted by Gasteiger charge is 2.05. The second-order valence-electron chi connectivity index (χ2n) is 3.31. The van der Waals surface area contributed by atoms with E-state index in [1.807, 2.05) is 18.2 Å². The van der Waals surface area contributed by atoms with Gasteiger partial charge in [0.15, 0.2) is 0 Å². The summed E-state index contributed by atoms with van der Waals surface area (Å²) in [6, 6.07) is 8.96. The molecular weight excluding hydrogens is 232 g/mol. The molecule has 4 heteroatoms. The molecule has 0 bridgehead atoms. The number of hydrogen-bond donors (Lipinski definition) is 1. The summed E-state index contributed by atoms with van der Waals surface area (Å²) in [5.74, 6) is -0.634. The number of esters is 1. The van der Waals surface area contributed by atoms with Crippen molar-refractivity contribution in [3.8, 4) is 5.75 Å². The van der Waals surface area contributed by atoms with Gasteiger partial charge in [-0.3, -0.25) is 4.79 Å². The number of carbonyl (C=O) groups excluding carboxylic acids is 1. The van der Waals surface area contributed by atoms with E-state index < -0.39 is 5.97 Å². The van der Waals surface area contributed by atoms with E-state index >= 15 is 0 Å². The maximum Gasteiger partial charge on any atom is 0.339 e. The van der Waals surface area contributed by atoms with Crippen molar-refractivity contribution in [2.75, 3.05) is 0 Å². The Balaban J connectivity index is 0.000000631. The van der Waals surface area contributed by atoms with Gasteiger partial charge in [-0.05, 0) is 19.1 Å². The summed E-state index contributed by atoms with van der Waals surface area (Å²) in [5, 5.41) is 7.42. The molecule has 1 aromatic carbocycles. The molecule has 0 spiro atoms. The molecule has 0 atom stereocenters. The number of carboxylic acid groups (broad SMARTS) is 1. The van der Waals surface area contributed by atoms with Gasteiger partial charge in [0, 0.05) is 12.5 Å². The van der Waals surface area contributed by atoms with Crippen LogP contribution in [0.25, 0.3) is 0 Å². The molecule has 0 radical (unpaired) electrons. The number of ether oxygens (including phenoxy) is 1. The van der Waals surface area contributed by atoms with Gasteiger partial charge in [0.25, 0.3) is 5.97 Å². The van der Waals surface area contributed by atoms with Crippen LogP contribution in [-0.4, -0.2) is 17.0 Å². The summed E-state index contributed by atoms with van der Waals surface area (Å²) >= 11 is 0. The predicted molar refractivity (Wildman–Crippen MR) is 69.3 cm³/mol.